The number of para-hydroxylation sites is 1. The zero-order valence-electron chi connectivity index (χ0n) is 17.7. The summed E-state index contributed by atoms with van der Waals surface area (Å²) >= 11 is 0. The molecule has 0 aromatic heterocycles. The van der Waals surface area contributed by atoms with E-state index in [1.807, 2.05) is 11.9 Å². The second kappa shape index (κ2) is 9.91. The Labute approximate surface area is 181 Å². The number of hydrogen-bond donors (Lipinski definition) is 5. The van der Waals surface area contributed by atoms with E-state index in [0.29, 0.717) is 18.4 Å². The van der Waals surface area contributed by atoms with Crippen LogP contribution >= 0.6 is 0 Å². The maximum absolute atomic E-state index is 12.6. The van der Waals surface area contributed by atoms with Gasteiger partial charge < -0.3 is 31.6 Å². The fourth-order valence-electron chi connectivity index (χ4n) is 4.45. The number of fused-ring (bicyclic) bond motifs is 1. The van der Waals surface area contributed by atoms with Gasteiger partial charge in [0, 0.05) is 19.0 Å². The quantitative estimate of drug-likeness (QED) is 0.178. The predicted octanol–water partition coefficient (Wildman–Crippen LogP) is 0.283. The third-order valence-electron chi connectivity index (χ3n) is 5.98. The van der Waals surface area contributed by atoms with Gasteiger partial charge >= 0.3 is 13.1 Å². The first-order valence-corrected chi connectivity index (χ1v) is 10.6. The molecule has 168 valence electrons. The summed E-state index contributed by atoms with van der Waals surface area (Å²) in [6, 6.07) is 5.06. The Hall–Kier alpha value is -2.95. The lowest BCUT2D eigenvalue weighted by atomic mass is 9.72. The van der Waals surface area contributed by atoms with Gasteiger partial charge in [-0.25, -0.2) is 4.79 Å². The second-order valence-corrected chi connectivity index (χ2v) is 8.14. The minimum absolute atomic E-state index is 0.0000593. The fraction of sp³-hybridized carbons (Fsp3) is 0.550. The fourth-order valence-corrected chi connectivity index (χ4v) is 4.45. The molecule has 31 heavy (non-hydrogen) atoms. The molecule has 1 aliphatic carbocycles. The Bertz CT molecular complexity index is 839. The van der Waals surface area contributed by atoms with Crippen LogP contribution in [-0.2, 0) is 11.2 Å². The van der Waals surface area contributed by atoms with Gasteiger partial charge in [0.1, 0.15) is 5.75 Å². The molecule has 1 aromatic rings. The average Bonchev–Trinajstić information content (AvgIpc) is 2.72. The summed E-state index contributed by atoms with van der Waals surface area (Å²) in [5, 5.41) is 28.5. The van der Waals surface area contributed by atoms with Crippen molar-refractivity contribution in [2.75, 3.05) is 6.54 Å². The van der Waals surface area contributed by atoms with E-state index in [-0.39, 0.29) is 35.1 Å². The van der Waals surface area contributed by atoms with Gasteiger partial charge in [0.2, 0.25) is 11.9 Å². The van der Waals surface area contributed by atoms with Gasteiger partial charge in [0.05, 0.1) is 11.5 Å². The molecule has 0 saturated heterocycles. The molecule has 0 unspecified atom stereocenters. The van der Waals surface area contributed by atoms with Crippen LogP contribution in [0.2, 0.25) is 0 Å². The number of nitrogens with one attached hydrogen (secondary N) is 1. The standard InChI is InChI=1S/C20H30BN5O5/c1-2-26(25-20(22)23)14-8-6-12(7-9-14)10-17(27)24-16-11-13-4-3-5-15(19(28)29)18(13)31-21(16)30/h3-5,12,14,16,30H,2,6-11H2,1H3,(H,24,27)(H,28,29)(H4,22,23,25)/t12?,14?,16-/m0/s1. The van der Waals surface area contributed by atoms with Gasteiger partial charge in [-0.3, -0.25) is 9.80 Å². The first-order chi connectivity index (χ1) is 14.8. The molecule has 0 radical (unpaired) electrons. The molecule has 1 fully saturated rings. The summed E-state index contributed by atoms with van der Waals surface area (Å²) in [7, 11) is -1.30. The summed E-state index contributed by atoms with van der Waals surface area (Å²) in [4.78, 5) is 23.9. The second-order valence-electron chi connectivity index (χ2n) is 8.14. The molecule has 2 aliphatic rings. The Morgan fingerprint density at radius 1 is 1.29 bits per heavy atom. The molecule has 1 aliphatic heterocycles. The van der Waals surface area contributed by atoms with E-state index in [0.717, 1.165) is 32.2 Å². The number of nitrogens with two attached hydrogens (primary N) is 2. The molecule has 1 aromatic carbocycles. The normalized spacial score (nSPS) is 22.6. The Kier molecular flexibility index (Phi) is 7.27. The molecule has 1 heterocycles. The highest BCUT2D eigenvalue weighted by molar-refractivity contribution is 6.47. The number of aromatic carboxylic acids is 1. The first-order valence-electron chi connectivity index (χ1n) is 10.6. The number of carbonyl (C=O) groups is 2. The highest BCUT2D eigenvalue weighted by Gasteiger charge is 2.38. The van der Waals surface area contributed by atoms with Crippen molar-refractivity contribution in [2.45, 2.75) is 57.4 Å². The summed E-state index contributed by atoms with van der Waals surface area (Å²) < 4.78 is 5.43. The van der Waals surface area contributed by atoms with Gasteiger partial charge in [-0.05, 0) is 56.6 Å². The van der Waals surface area contributed by atoms with Gasteiger partial charge in [-0.15, -0.1) is 5.10 Å². The molecule has 0 bridgehead atoms. The number of rotatable bonds is 7. The van der Waals surface area contributed by atoms with Gasteiger partial charge in [-0.2, -0.15) is 0 Å². The number of benzene rings is 1. The van der Waals surface area contributed by atoms with E-state index in [1.54, 1.807) is 12.1 Å². The van der Waals surface area contributed by atoms with Gasteiger partial charge in [-0.1, -0.05) is 12.1 Å². The van der Waals surface area contributed by atoms with Crippen LogP contribution in [0.25, 0.3) is 0 Å². The first kappa shape index (κ1) is 22.7. The molecule has 0 spiro atoms. The van der Waals surface area contributed by atoms with Crippen molar-refractivity contribution in [1.82, 2.24) is 10.3 Å². The largest absolute Gasteiger partial charge is 0.547 e. The van der Waals surface area contributed by atoms with E-state index in [4.69, 9.17) is 16.1 Å². The van der Waals surface area contributed by atoms with E-state index in [1.165, 1.54) is 6.07 Å². The third kappa shape index (κ3) is 5.60. The van der Waals surface area contributed by atoms with Crippen molar-refractivity contribution in [3.8, 4) is 5.75 Å². The number of carbonyl (C=O) groups excluding carboxylic acids is 1. The summed E-state index contributed by atoms with van der Waals surface area (Å²) in [6.07, 6.45) is 4.27. The lowest BCUT2D eigenvalue weighted by molar-refractivity contribution is -0.122. The van der Waals surface area contributed by atoms with Crippen LogP contribution in [0.3, 0.4) is 0 Å². The van der Waals surface area contributed by atoms with Crippen molar-refractivity contribution in [3.63, 3.8) is 0 Å². The molecule has 7 N–H and O–H groups in total. The lowest BCUT2D eigenvalue weighted by Gasteiger charge is -2.35. The average molecular weight is 431 g/mol. The van der Waals surface area contributed by atoms with E-state index >= 15 is 0 Å². The van der Waals surface area contributed by atoms with Crippen LogP contribution in [0.1, 0.15) is 54.9 Å². The Balaban J connectivity index is 1.52. The van der Waals surface area contributed by atoms with Crippen LogP contribution < -0.4 is 21.4 Å². The number of carboxylic acids is 1. The Morgan fingerprint density at radius 3 is 2.61 bits per heavy atom. The molecular formula is C20H30BN5O5. The van der Waals surface area contributed by atoms with Crippen LogP contribution in [-0.4, -0.2) is 58.6 Å². The molecule has 3 rings (SSSR count). The van der Waals surface area contributed by atoms with Crippen molar-refractivity contribution < 1.29 is 24.4 Å². The zero-order valence-corrected chi connectivity index (χ0v) is 17.7. The predicted molar refractivity (Wildman–Crippen MR) is 116 cm³/mol. The zero-order chi connectivity index (χ0) is 22.5. The van der Waals surface area contributed by atoms with Crippen LogP contribution in [0, 0.1) is 5.92 Å². The summed E-state index contributed by atoms with van der Waals surface area (Å²) in [5.41, 5.74) is 11.6. The maximum atomic E-state index is 12.6. The number of hydrazone groups is 1. The highest BCUT2D eigenvalue weighted by atomic mass is 16.5. The number of guanidine groups is 1. The van der Waals surface area contributed by atoms with Crippen molar-refractivity contribution in [2.24, 2.45) is 22.5 Å². The third-order valence-corrected chi connectivity index (χ3v) is 5.98. The topological polar surface area (TPSA) is 163 Å². The molecule has 1 amide bonds. The Morgan fingerprint density at radius 2 is 2.00 bits per heavy atom. The van der Waals surface area contributed by atoms with Crippen LogP contribution in [0.4, 0.5) is 0 Å². The minimum atomic E-state index is -1.30. The molecule has 1 atom stereocenters. The molecule has 11 heteroatoms. The minimum Gasteiger partial charge on any atom is -0.534 e. The summed E-state index contributed by atoms with van der Waals surface area (Å²) in [6.45, 7) is 2.72. The molecular weight excluding hydrogens is 401 g/mol. The van der Waals surface area contributed by atoms with E-state index in [9.17, 15) is 19.7 Å². The van der Waals surface area contributed by atoms with Crippen molar-refractivity contribution >= 4 is 25.0 Å². The SMILES string of the molecule is CCN(N=C(N)N)C1CCC(CC(=O)N[C@H]2Cc3cccc(C(=O)O)c3OB2O)CC1. The molecule has 10 nitrogen and oxygen atoms in total. The van der Waals surface area contributed by atoms with E-state index in [2.05, 4.69) is 10.4 Å². The van der Waals surface area contributed by atoms with E-state index < -0.39 is 19.0 Å². The number of amides is 1. The van der Waals surface area contributed by atoms with Crippen LogP contribution in [0.15, 0.2) is 23.3 Å². The number of carboxylic acid groups (broad SMARTS) is 1. The lowest BCUT2D eigenvalue weighted by Crippen LogP contribution is -2.53. The number of nitrogens with zero attached hydrogens (tertiary/aromatic N) is 2. The van der Waals surface area contributed by atoms with Crippen LogP contribution in [0.5, 0.6) is 5.75 Å². The smallest absolute Gasteiger partial charge is 0.534 e. The van der Waals surface area contributed by atoms with Gasteiger partial charge in [0.25, 0.3) is 0 Å². The highest BCUT2D eigenvalue weighted by Crippen LogP contribution is 2.31. The summed E-state index contributed by atoms with van der Waals surface area (Å²) in [5.74, 6) is -1.44. The maximum Gasteiger partial charge on any atom is 0.547 e. The number of hydrogen-bond acceptors (Lipinski definition) is 6. The monoisotopic (exact) mass is 431 g/mol. The van der Waals surface area contributed by atoms with Crippen molar-refractivity contribution in [3.05, 3.63) is 29.3 Å². The van der Waals surface area contributed by atoms with Crippen molar-refractivity contribution in [1.29, 1.82) is 0 Å². The molecule has 1 saturated carbocycles. The van der Waals surface area contributed by atoms with Gasteiger partial charge in [0.15, 0.2) is 0 Å².